The molecule has 1 aromatic heterocycles. The Morgan fingerprint density at radius 3 is 2.81 bits per heavy atom. The van der Waals surface area contributed by atoms with Crippen molar-refractivity contribution in [1.82, 2.24) is 20.0 Å². The van der Waals surface area contributed by atoms with Gasteiger partial charge in [-0.25, -0.2) is 4.39 Å². The van der Waals surface area contributed by atoms with Crippen LogP contribution in [0.15, 0.2) is 42.7 Å². The van der Waals surface area contributed by atoms with E-state index in [1.165, 1.54) is 6.07 Å². The van der Waals surface area contributed by atoms with E-state index in [0.717, 1.165) is 13.1 Å². The van der Waals surface area contributed by atoms with Gasteiger partial charge in [0.1, 0.15) is 17.5 Å². The van der Waals surface area contributed by atoms with Crippen molar-refractivity contribution in [1.29, 1.82) is 0 Å². The van der Waals surface area contributed by atoms with Crippen LogP contribution in [0.5, 0.6) is 0 Å². The van der Waals surface area contributed by atoms with E-state index < -0.39 is 11.6 Å². The number of nitrogens with one attached hydrogen (secondary N) is 1. The van der Waals surface area contributed by atoms with Gasteiger partial charge in [-0.15, -0.1) is 0 Å². The molecule has 26 heavy (non-hydrogen) atoms. The van der Waals surface area contributed by atoms with Crippen molar-refractivity contribution < 1.29 is 13.9 Å². The first-order valence-electron chi connectivity index (χ1n) is 9.07. The molecule has 138 valence electrons. The van der Waals surface area contributed by atoms with Crippen molar-refractivity contribution >= 4 is 5.91 Å². The van der Waals surface area contributed by atoms with Crippen molar-refractivity contribution in [3.8, 4) is 0 Å². The number of carbonyl (C=O) groups excluding carboxylic acids is 1. The third-order valence-electron chi connectivity index (χ3n) is 5.38. The Morgan fingerprint density at radius 2 is 2.08 bits per heavy atom. The second-order valence-corrected chi connectivity index (χ2v) is 6.86. The summed E-state index contributed by atoms with van der Waals surface area (Å²) < 4.78 is 21.7. The number of nitrogens with zero attached hydrogens (tertiary/aromatic N) is 3. The van der Waals surface area contributed by atoms with Gasteiger partial charge < -0.3 is 15.0 Å². The number of morpholine rings is 1. The Labute approximate surface area is 151 Å². The third kappa shape index (κ3) is 3.01. The second-order valence-electron chi connectivity index (χ2n) is 6.86. The van der Waals surface area contributed by atoms with Crippen molar-refractivity contribution in [3.63, 3.8) is 0 Å². The molecule has 6 nitrogen and oxygen atoms in total. The van der Waals surface area contributed by atoms with E-state index in [2.05, 4.69) is 10.4 Å². The molecule has 4 rings (SSSR count). The highest BCUT2D eigenvalue weighted by Crippen LogP contribution is 2.32. The van der Waals surface area contributed by atoms with Gasteiger partial charge in [0, 0.05) is 24.5 Å². The van der Waals surface area contributed by atoms with Crippen LogP contribution in [0.25, 0.3) is 0 Å². The number of piperidine rings is 1. The molecule has 0 aliphatic carbocycles. The minimum atomic E-state index is -0.675. The lowest BCUT2D eigenvalue weighted by atomic mass is 9.86. The number of amides is 1. The SMILES string of the molecule is O=C(N1CCOC(c2ccccc2F)C1)C1(n2cccn2)CCNCC1. The van der Waals surface area contributed by atoms with E-state index in [1.807, 2.05) is 17.2 Å². The number of halogens is 1. The average molecular weight is 358 g/mol. The predicted octanol–water partition coefficient (Wildman–Crippen LogP) is 1.70. The molecule has 0 saturated carbocycles. The molecule has 2 aliphatic heterocycles. The summed E-state index contributed by atoms with van der Waals surface area (Å²) in [6, 6.07) is 8.45. The highest BCUT2D eigenvalue weighted by Gasteiger charge is 2.45. The smallest absolute Gasteiger partial charge is 0.250 e. The Bertz CT molecular complexity index is 759. The summed E-state index contributed by atoms with van der Waals surface area (Å²) in [5.41, 5.74) is -0.172. The van der Waals surface area contributed by atoms with Crippen LogP contribution >= 0.6 is 0 Å². The predicted molar refractivity (Wildman–Crippen MR) is 94.0 cm³/mol. The number of carbonyl (C=O) groups is 1. The summed E-state index contributed by atoms with van der Waals surface area (Å²) in [7, 11) is 0. The van der Waals surface area contributed by atoms with Gasteiger partial charge in [0.15, 0.2) is 0 Å². The standard InChI is InChI=1S/C19H23FN4O2/c20-16-5-2-1-4-15(16)17-14-23(12-13-26-17)18(25)19(6-9-21-10-7-19)24-11-3-8-22-24/h1-5,8,11,17,21H,6-7,9-10,12-14H2. The second kappa shape index (κ2) is 7.17. The fourth-order valence-corrected chi connectivity index (χ4v) is 3.96. The van der Waals surface area contributed by atoms with E-state index in [0.29, 0.717) is 38.1 Å². The zero-order chi connectivity index (χ0) is 18.0. The molecular formula is C19H23FN4O2. The van der Waals surface area contributed by atoms with Gasteiger partial charge in [0.25, 0.3) is 5.91 Å². The summed E-state index contributed by atoms with van der Waals surface area (Å²) in [6.07, 6.45) is 4.51. The van der Waals surface area contributed by atoms with Gasteiger partial charge in [0.05, 0.1) is 13.2 Å². The van der Waals surface area contributed by atoms with Gasteiger partial charge in [0.2, 0.25) is 0 Å². The maximum atomic E-state index is 14.1. The summed E-state index contributed by atoms with van der Waals surface area (Å²) in [4.78, 5) is 15.3. The summed E-state index contributed by atoms with van der Waals surface area (Å²) >= 11 is 0. The van der Waals surface area contributed by atoms with Gasteiger partial charge in [-0.05, 0) is 38.1 Å². The Balaban J connectivity index is 1.59. The van der Waals surface area contributed by atoms with E-state index in [4.69, 9.17) is 4.74 Å². The van der Waals surface area contributed by atoms with Crippen LogP contribution in [0, 0.1) is 5.82 Å². The molecule has 1 atom stereocenters. The van der Waals surface area contributed by atoms with E-state index >= 15 is 0 Å². The molecule has 2 fully saturated rings. The first-order chi connectivity index (χ1) is 12.7. The minimum absolute atomic E-state index is 0.0485. The number of aromatic nitrogens is 2. The lowest BCUT2D eigenvalue weighted by molar-refractivity contribution is -0.151. The number of rotatable bonds is 3. The van der Waals surface area contributed by atoms with Crippen LogP contribution in [0.4, 0.5) is 4.39 Å². The van der Waals surface area contributed by atoms with Gasteiger partial charge in [-0.2, -0.15) is 5.10 Å². The topological polar surface area (TPSA) is 59.4 Å². The number of ether oxygens (including phenoxy) is 1. The molecule has 2 saturated heterocycles. The van der Waals surface area contributed by atoms with Crippen LogP contribution < -0.4 is 5.32 Å². The van der Waals surface area contributed by atoms with Crippen molar-refractivity contribution in [2.24, 2.45) is 0 Å². The van der Waals surface area contributed by atoms with Crippen molar-refractivity contribution in [2.75, 3.05) is 32.8 Å². The molecule has 2 aromatic rings. The number of benzene rings is 1. The van der Waals surface area contributed by atoms with Gasteiger partial charge in [-0.3, -0.25) is 9.48 Å². The van der Waals surface area contributed by atoms with Gasteiger partial charge >= 0.3 is 0 Å². The molecule has 1 aromatic carbocycles. The zero-order valence-electron chi connectivity index (χ0n) is 14.6. The van der Waals surface area contributed by atoms with Crippen LogP contribution in [-0.4, -0.2) is 53.4 Å². The summed E-state index contributed by atoms with van der Waals surface area (Å²) in [5.74, 6) is -0.247. The zero-order valence-corrected chi connectivity index (χ0v) is 14.6. The molecule has 1 N–H and O–H groups in total. The maximum Gasteiger partial charge on any atom is 0.250 e. The molecule has 0 spiro atoms. The van der Waals surface area contributed by atoms with Crippen LogP contribution in [0.2, 0.25) is 0 Å². The molecule has 2 aliphatic rings. The maximum absolute atomic E-state index is 14.1. The largest absolute Gasteiger partial charge is 0.370 e. The Morgan fingerprint density at radius 1 is 1.27 bits per heavy atom. The lowest BCUT2D eigenvalue weighted by Crippen LogP contribution is -2.57. The van der Waals surface area contributed by atoms with Crippen LogP contribution in [0.1, 0.15) is 24.5 Å². The van der Waals surface area contributed by atoms with Crippen molar-refractivity contribution in [2.45, 2.75) is 24.5 Å². The van der Waals surface area contributed by atoms with Gasteiger partial charge in [-0.1, -0.05) is 18.2 Å². The molecule has 3 heterocycles. The van der Waals surface area contributed by atoms with E-state index in [-0.39, 0.29) is 11.7 Å². The fourth-order valence-electron chi connectivity index (χ4n) is 3.96. The fraction of sp³-hybridized carbons (Fsp3) is 0.474. The molecule has 0 radical (unpaired) electrons. The molecule has 7 heteroatoms. The molecular weight excluding hydrogens is 335 g/mol. The highest BCUT2D eigenvalue weighted by atomic mass is 19.1. The lowest BCUT2D eigenvalue weighted by Gasteiger charge is -2.42. The van der Waals surface area contributed by atoms with E-state index in [9.17, 15) is 9.18 Å². The van der Waals surface area contributed by atoms with Crippen LogP contribution in [-0.2, 0) is 15.1 Å². The highest BCUT2D eigenvalue weighted by molar-refractivity contribution is 5.85. The average Bonchev–Trinajstić information content (AvgIpc) is 3.24. The number of hydrogen-bond acceptors (Lipinski definition) is 4. The first kappa shape index (κ1) is 17.2. The van der Waals surface area contributed by atoms with Crippen molar-refractivity contribution in [3.05, 3.63) is 54.1 Å². The van der Waals surface area contributed by atoms with Crippen LogP contribution in [0.3, 0.4) is 0 Å². The van der Waals surface area contributed by atoms with E-state index in [1.54, 1.807) is 29.1 Å². The summed E-state index contributed by atoms with van der Waals surface area (Å²) in [5, 5.41) is 7.68. The summed E-state index contributed by atoms with van der Waals surface area (Å²) in [6.45, 7) is 2.81. The Hall–Kier alpha value is -2.25. The molecule has 1 unspecified atom stereocenters. The quantitative estimate of drug-likeness (QED) is 0.907. The minimum Gasteiger partial charge on any atom is -0.370 e. The first-order valence-corrected chi connectivity index (χ1v) is 9.07. The molecule has 1 amide bonds. The molecule has 0 bridgehead atoms. The third-order valence-corrected chi connectivity index (χ3v) is 5.38. The Kier molecular flexibility index (Phi) is 4.74. The monoisotopic (exact) mass is 358 g/mol. The normalized spacial score (nSPS) is 23.0. The number of hydrogen-bond donors (Lipinski definition) is 1.